The van der Waals surface area contributed by atoms with E-state index < -0.39 is 0 Å². The summed E-state index contributed by atoms with van der Waals surface area (Å²) in [5.74, 6) is 1.74. The van der Waals surface area contributed by atoms with E-state index in [1.165, 1.54) is 17.5 Å². The van der Waals surface area contributed by atoms with Crippen molar-refractivity contribution in [3.8, 4) is 17.0 Å². The maximum Gasteiger partial charge on any atom is 0.292 e. The van der Waals surface area contributed by atoms with Crippen LogP contribution in [0.5, 0.6) is 5.75 Å². The molecule has 3 heterocycles. The van der Waals surface area contributed by atoms with Crippen LogP contribution in [-0.2, 0) is 13.5 Å². The molecule has 1 aromatic carbocycles. The summed E-state index contributed by atoms with van der Waals surface area (Å²) in [5.41, 5.74) is 4.58. The molecule has 2 aromatic heterocycles. The van der Waals surface area contributed by atoms with E-state index in [0.717, 1.165) is 30.0 Å². The summed E-state index contributed by atoms with van der Waals surface area (Å²) in [6.07, 6.45) is 2.44. The van der Waals surface area contributed by atoms with Gasteiger partial charge in [0.25, 0.3) is 5.91 Å². The first-order valence-corrected chi connectivity index (χ1v) is 9.06. The monoisotopic (exact) mass is 364 g/mol. The van der Waals surface area contributed by atoms with Gasteiger partial charge in [-0.15, -0.1) is 0 Å². The molecule has 0 N–H and O–H groups in total. The third kappa shape index (κ3) is 2.45. The minimum absolute atomic E-state index is 0.0877. The Bertz CT molecular complexity index is 1010. The fraction of sp³-hybridized carbons (Fsp3) is 0.350. The van der Waals surface area contributed by atoms with Gasteiger partial charge in [0.1, 0.15) is 5.75 Å². The van der Waals surface area contributed by atoms with Crippen molar-refractivity contribution in [3.05, 3.63) is 53.5 Å². The molecule has 0 radical (unpaired) electrons. The van der Waals surface area contributed by atoms with Gasteiger partial charge in [0, 0.05) is 48.9 Å². The zero-order chi connectivity index (χ0) is 18.5. The summed E-state index contributed by atoms with van der Waals surface area (Å²) < 4.78 is 12.4. The molecule has 0 spiro atoms. The summed E-state index contributed by atoms with van der Waals surface area (Å²) in [7, 11) is 3.67. The van der Waals surface area contributed by atoms with E-state index in [-0.39, 0.29) is 5.91 Å². The number of rotatable bonds is 3. The third-order valence-electron chi connectivity index (χ3n) is 5.75. The van der Waals surface area contributed by atoms with E-state index in [4.69, 9.17) is 14.4 Å². The molecular weight excluding hydrogens is 344 g/mol. The number of ether oxygens (including phenoxy) is 1. The highest BCUT2D eigenvalue weighted by Crippen LogP contribution is 2.47. The Hall–Kier alpha value is -3.09. The van der Waals surface area contributed by atoms with Crippen molar-refractivity contribution < 1.29 is 14.1 Å². The van der Waals surface area contributed by atoms with Gasteiger partial charge in [0.2, 0.25) is 5.76 Å². The smallest absolute Gasteiger partial charge is 0.292 e. The van der Waals surface area contributed by atoms with Gasteiger partial charge in [-0.3, -0.25) is 9.48 Å². The van der Waals surface area contributed by atoms with Crippen molar-refractivity contribution in [2.45, 2.75) is 12.3 Å². The Kier molecular flexibility index (Phi) is 3.56. The molecule has 1 fully saturated rings. The number of hydrogen-bond acceptors (Lipinski definition) is 5. The molecule has 1 amide bonds. The SMILES string of the molecule is COc1cccc(-c2nn(C)c3c2[C@H]2CN(C(=O)c4ccno4)C[C@H]2C3)c1. The lowest BCUT2D eigenvalue weighted by Gasteiger charge is -2.15. The van der Waals surface area contributed by atoms with Gasteiger partial charge < -0.3 is 14.2 Å². The Morgan fingerprint density at radius 1 is 1.30 bits per heavy atom. The van der Waals surface area contributed by atoms with Crippen LogP contribution >= 0.6 is 0 Å². The molecule has 0 unspecified atom stereocenters. The second kappa shape index (κ2) is 5.97. The van der Waals surface area contributed by atoms with Gasteiger partial charge >= 0.3 is 0 Å². The molecule has 3 aromatic rings. The number of hydrogen-bond donors (Lipinski definition) is 0. The lowest BCUT2D eigenvalue weighted by Crippen LogP contribution is -2.29. The first-order chi connectivity index (χ1) is 13.2. The molecule has 7 nitrogen and oxygen atoms in total. The molecule has 138 valence electrons. The van der Waals surface area contributed by atoms with Crippen molar-refractivity contribution in [2.75, 3.05) is 20.2 Å². The van der Waals surface area contributed by atoms with Gasteiger partial charge in [-0.25, -0.2) is 0 Å². The quantitative estimate of drug-likeness (QED) is 0.714. The lowest BCUT2D eigenvalue weighted by atomic mass is 9.94. The van der Waals surface area contributed by atoms with Crippen LogP contribution in [0, 0.1) is 5.92 Å². The van der Waals surface area contributed by atoms with Crippen LogP contribution in [0.1, 0.15) is 27.7 Å². The zero-order valence-electron chi connectivity index (χ0n) is 15.3. The van der Waals surface area contributed by atoms with Gasteiger partial charge in [-0.1, -0.05) is 17.3 Å². The minimum atomic E-state index is -0.0877. The number of amides is 1. The predicted octanol–water partition coefficient (Wildman–Crippen LogP) is 2.50. The van der Waals surface area contributed by atoms with Gasteiger partial charge in [-0.2, -0.15) is 5.10 Å². The molecular formula is C20H20N4O3. The lowest BCUT2D eigenvalue weighted by molar-refractivity contribution is 0.0743. The highest BCUT2D eigenvalue weighted by molar-refractivity contribution is 5.91. The maximum atomic E-state index is 12.6. The molecule has 5 rings (SSSR count). The molecule has 0 bridgehead atoms. The van der Waals surface area contributed by atoms with Gasteiger partial charge in [-0.05, 0) is 24.5 Å². The number of aryl methyl sites for hydroxylation is 1. The van der Waals surface area contributed by atoms with E-state index in [1.54, 1.807) is 13.2 Å². The highest BCUT2D eigenvalue weighted by atomic mass is 16.5. The maximum absolute atomic E-state index is 12.6. The van der Waals surface area contributed by atoms with Crippen LogP contribution in [0.3, 0.4) is 0 Å². The van der Waals surface area contributed by atoms with E-state index in [1.807, 2.05) is 34.8 Å². The highest BCUT2D eigenvalue weighted by Gasteiger charge is 2.45. The van der Waals surface area contributed by atoms with E-state index in [0.29, 0.717) is 24.1 Å². The average Bonchev–Trinajstić information content (AvgIpc) is 3.44. The van der Waals surface area contributed by atoms with E-state index in [9.17, 15) is 4.79 Å². The summed E-state index contributed by atoms with van der Waals surface area (Å²) in [6, 6.07) is 9.61. The average molecular weight is 364 g/mol. The standard InChI is InChI=1S/C20H20N4O3/c1-23-16-9-13-10-24(20(25)17-6-7-21-27-17)11-15(13)18(16)19(22-23)12-4-3-5-14(8-12)26-2/h3-8,13,15H,9-11H2,1-2H3/t13-,15+/m1/s1. The summed E-state index contributed by atoms with van der Waals surface area (Å²) in [6.45, 7) is 1.41. The van der Waals surface area contributed by atoms with Crippen molar-refractivity contribution in [1.82, 2.24) is 19.8 Å². The number of methoxy groups -OCH3 is 1. The number of benzene rings is 1. The zero-order valence-corrected chi connectivity index (χ0v) is 15.3. The van der Waals surface area contributed by atoms with E-state index >= 15 is 0 Å². The van der Waals surface area contributed by atoms with Crippen molar-refractivity contribution in [2.24, 2.45) is 13.0 Å². The summed E-state index contributed by atoms with van der Waals surface area (Å²) in [5, 5.41) is 8.44. The number of nitrogens with zero attached hydrogens (tertiary/aromatic N) is 4. The molecule has 1 aliphatic carbocycles. The largest absolute Gasteiger partial charge is 0.497 e. The third-order valence-corrected chi connectivity index (χ3v) is 5.75. The van der Waals surface area contributed by atoms with Crippen molar-refractivity contribution >= 4 is 5.91 Å². The Morgan fingerprint density at radius 2 is 2.19 bits per heavy atom. The topological polar surface area (TPSA) is 73.4 Å². The number of aromatic nitrogens is 3. The molecule has 2 atom stereocenters. The Labute approximate surface area is 156 Å². The van der Waals surface area contributed by atoms with Crippen LogP contribution < -0.4 is 4.74 Å². The second-order valence-corrected chi connectivity index (χ2v) is 7.22. The first-order valence-electron chi connectivity index (χ1n) is 9.06. The minimum Gasteiger partial charge on any atom is -0.497 e. The number of fused-ring (bicyclic) bond motifs is 3. The van der Waals surface area contributed by atoms with Crippen molar-refractivity contribution in [1.29, 1.82) is 0 Å². The summed E-state index contributed by atoms with van der Waals surface area (Å²) in [4.78, 5) is 14.5. The predicted molar refractivity (Wildman–Crippen MR) is 97.5 cm³/mol. The van der Waals surface area contributed by atoms with Crippen LogP contribution in [0.4, 0.5) is 0 Å². The van der Waals surface area contributed by atoms with Crippen LogP contribution in [0.25, 0.3) is 11.3 Å². The van der Waals surface area contributed by atoms with Crippen LogP contribution in [-0.4, -0.2) is 45.9 Å². The molecule has 1 saturated heterocycles. The van der Waals surface area contributed by atoms with Gasteiger partial charge in [0.05, 0.1) is 19.0 Å². The number of likely N-dealkylation sites (tertiary alicyclic amines) is 1. The first kappa shape index (κ1) is 16.1. The van der Waals surface area contributed by atoms with Crippen LogP contribution in [0.2, 0.25) is 0 Å². The molecule has 7 heteroatoms. The molecule has 0 saturated carbocycles. The number of carbonyl (C=O) groups is 1. The fourth-order valence-corrected chi connectivity index (χ4v) is 4.49. The van der Waals surface area contributed by atoms with Crippen molar-refractivity contribution in [3.63, 3.8) is 0 Å². The molecule has 1 aliphatic heterocycles. The van der Waals surface area contributed by atoms with Gasteiger partial charge in [0.15, 0.2) is 0 Å². The molecule has 27 heavy (non-hydrogen) atoms. The Balaban J connectivity index is 1.49. The summed E-state index contributed by atoms with van der Waals surface area (Å²) >= 11 is 0. The normalized spacial score (nSPS) is 20.6. The fourth-order valence-electron chi connectivity index (χ4n) is 4.49. The Morgan fingerprint density at radius 3 is 2.96 bits per heavy atom. The second-order valence-electron chi connectivity index (χ2n) is 7.22. The molecule has 2 aliphatic rings. The van der Waals surface area contributed by atoms with Crippen LogP contribution in [0.15, 0.2) is 41.1 Å². The van der Waals surface area contributed by atoms with E-state index in [2.05, 4.69) is 11.2 Å². The number of carbonyl (C=O) groups excluding carboxylic acids is 1.